The van der Waals surface area contributed by atoms with Crippen LogP contribution in [0.25, 0.3) is 10.9 Å². The summed E-state index contributed by atoms with van der Waals surface area (Å²) in [5.41, 5.74) is 1.11. The monoisotopic (exact) mass is 851 g/mol. The lowest BCUT2D eigenvalue weighted by molar-refractivity contribution is -0.124. The molecule has 2 aromatic heterocycles. The van der Waals surface area contributed by atoms with Crippen LogP contribution in [0.5, 0.6) is 0 Å². The standard InChI is InChI=1S/C40H50ClN11O4S.ClH/c1-24-21-48(16-7-8-26-11-13-27(14-12-26)52-39(57)51(37(55)40(52,3)4)28-18-30(41)32(19-42)43-20-28)22-25(2)50(24)23-34(54)44-31-10-6-9-29-35(31)47(5)46-36(29)49-17-15-33(53)45-38(49)56;/h6,9-10,18,20,24-27H,7-8,11-17,21-23H2,1-5H3,(H,44,54)(H,45,53,56);1H/t24-,25+,26?,27?;. The third kappa shape index (κ3) is 8.37. The number of fused-ring (bicyclic) bond motifs is 1. The van der Waals surface area contributed by atoms with Crippen molar-refractivity contribution in [1.29, 1.82) is 5.26 Å². The molecule has 58 heavy (non-hydrogen) atoms. The summed E-state index contributed by atoms with van der Waals surface area (Å²) in [6.45, 7) is 11.5. The fourth-order valence-corrected chi connectivity index (χ4v) is 10.0. The van der Waals surface area contributed by atoms with Crippen LogP contribution in [0.1, 0.15) is 78.3 Å². The summed E-state index contributed by atoms with van der Waals surface area (Å²) in [6.07, 6.45) is 8.02. The van der Waals surface area contributed by atoms with Gasteiger partial charge >= 0.3 is 6.03 Å². The normalized spacial score (nSPS) is 24.2. The molecule has 1 saturated carbocycles. The predicted octanol–water partition coefficient (Wildman–Crippen LogP) is 5.45. The molecule has 2 N–H and O–H groups in total. The number of urea groups is 1. The van der Waals surface area contributed by atoms with Gasteiger partial charge in [-0.1, -0.05) is 17.7 Å². The second kappa shape index (κ2) is 17.4. The highest BCUT2D eigenvalue weighted by Gasteiger charge is 2.52. The summed E-state index contributed by atoms with van der Waals surface area (Å²) in [6, 6.07) is 9.13. The van der Waals surface area contributed by atoms with Gasteiger partial charge in [0, 0.05) is 56.6 Å². The lowest BCUT2D eigenvalue weighted by atomic mass is 9.82. The number of aryl methyl sites for hydroxylation is 1. The molecule has 1 aromatic carbocycles. The number of nitrogens with zero attached hydrogens (tertiary/aromatic N) is 9. The zero-order chi connectivity index (χ0) is 40.8. The Labute approximate surface area is 355 Å². The molecule has 0 unspecified atom stereocenters. The Morgan fingerprint density at radius 1 is 1.12 bits per heavy atom. The van der Waals surface area contributed by atoms with Crippen molar-refractivity contribution in [3.05, 3.63) is 41.2 Å². The number of para-hydroxylation sites is 1. The fraction of sp³-hybridized carbons (Fsp3) is 0.550. The van der Waals surface area contributed by atoms with Crippen LogP contribution in [0.4, 0.5) is 22.0 Å². The van der Waals surface area contributed by atoms with Gasteiger partial charge in [0.25, 0.3) is 5.91 Å². The molecule has 4 aliphatic rings. The predicted molar refractivity (Wildman–Crippen MR) is 229 cm³/mol. The van der Waals surface area contributed by atoms with Crippen molar-refractivity contribution in [3.8, 4) is 6.07 Å². The average Bonchev–Trinajstić information content (AvgIpc) is 3.58. The van der Waals surface area contributed by atoms with Gasteiger partial charge < -0.3 is 15.1 Å². The zero-order valence-corrected chi connectivity index (χ0v) is 35.9. The van der Waals surface area contributed by atoms with Crippen LogP contribution in [0, 0.1) is 17.2 Å². The zero-order valence-electron chi connectivity index (χ0n) is 33.5. The van der Waals surface area contributed by atoms with E-state index >= 15 is 0 Å². The van der Waals surface area contributed by atoms with E-state index in [0.717, 1.165) is 63.5 Å². The molecule has 5 heterocycles. The van der Waals surface area contributed by atoms with Gasteiger partial charge in [0.05, 0.1) is 34.7 Å². The van der Waals surface area contributed by atoms with Gasteiger partial charge in [0.1, 0.15) is 11.6 Å². The number of carbonyl (C=O) groups is 4. The maximum atomic E-state index is 13.6. The van der Waals surface area contributed by atoms with E-state index < -0.39 is 11.6 Å². The molecule has 0 radical (unpaired) electrons. The summed E-state index contributed by atoms with van der Waals surface area (Å²) in [5, 5.41) is 20.6. The van der Waals surface area contributed by atoms with Crippen LogP contribution in [0.15, 0.2) is 30.5 Å². The minimum absolute atomic E-state index is 0. The first-order valence-corrected chi connectivity index (χ1v) is 20.5. The highest BCUT2D eigenvalue weighted by Crippen LogP contribution is 2.40. The summed E-state index contributed by atoms with van der Waals surface area (Å²) in [7, 11) is 1.78. The third-order valence-electron chi connectivity index (χ3n) is 12.1. The third-order valence-corrected chi connectivity index (χ3v) is 12.8. The molecular weight excluding hydrogens is 801 g/mol. The molecule has 0 spiro atoms. The number of rotatable bonds is 10. The molecule has 0 bridgehead atoms. The van der Waals surface area contributed by atoms with E-state index in [1.165, 1.54) is 16.0 Å². The molecule has 3 aromatic rings. The summed E-state index contributed by atoms with van der Waals surface area (Å²) < 4.78 is 1.66. The number of thiocarbonyl (C=S) groups is 1. The quantitative estimate of drug-likeness (QED) is 0.250. The number of amides is 5. The van der Waals surface area contributed by atoms with E-state index in [9.17, 15) is 24.4 Å². The molecule has 15 nitrogen and oxygen atoms in total. The highest BCUT2D eigenvalue weighted by molar-refractivity contribution is 7.80. The minimum atomic E-state index is -0.805. The molecule has 2 atom stereocenters. The van der Waals surface area contributed by atoms with Gasteiger partial charge in [-0.25, -0.2) is 9.78 Å². The molecule has 5 amide bonds. The molecule has 7 rings (SSSR count). The van der Waals surface area contributed by atoms with E-state index in [-0.39, 0.29) is 78.5 Å². The van der Waals surface area contributed by atoms with Gasteiger partial charge in [-0.15, -0.1) is 12.4 Å². The lowest BCUT2D eigenvalue weighted by Crippen LogP contribution is -2.58. The first-order valence-electron chi connectivity index (χ1n) is 19.8. The molecule has 310 valence electrons. The molecule has 18 heteroatoms. The van der Waals surface area contributed by atoms with E-state index in [1.54, 1.807) is 17.8 Å². The first kappa shape index (κ1) is 43.2. The second-order valence-corrected chi connectivity index (χ2v) is 17.2. The number of aromatic nitrogens is 3. The number of piperazine rings is 1. The van der Waals surface area contributed by atoms with Gasteiger partial charge in [-0.2, -0.15) is 10.4 Å². The summed E-state index contributed by atoms with van der Waals surface area (Å²) >= 11 is 12.2. The van der Waals surface area contributed by atoms with E-state index in [0.29, 0.717) is 33.7 Å². The molecule has 1 aliphatic carbocycles. The maximum Gasteiger partial charge on any atom is 0.329 e. The van der Waals surface area contributed by atoms with Crippen molar-refractivity contribution in [3.63, 3.8) is 0 Å². The number of nitrogens with one attached hydrogen (secondary N) is 2. The van der Waals surface area contributed by atoms with Crippen LogP contribution in [0.2, 0.25) is 5.02 Å². The SMILES string of the molecule is C[C@@H]1CN(CCCC2CCC(N3C(=S)N(c4cnc(C#N)c(Cl)c4)C(=O)C3(C)C)CC2)C[C@H](C)N1CC(=O)Nc1cccc2c(N3CCC(=O)NC3=O)nn(C)c12.Cl. The van der Waals surface area contributed by atoms with Crippen molar-refractivity contribution in [2.75, 3.05) is 47.8 Å². The smallest absolute Gasteiger partial charge is 0.329 e. The fourth-order valence-electron chi connectivity index (χ4n) is 9.28. The minimum Gasteiger partial charge on any atom is -0.331 e. The van der Waals surface area contributed by atoms with Gasteiger partial charge in [-0.3, -0.25) is 39.1 Å². The average molecular weight is 853 g/mol. The number of pyridine rings is 1. The highest BCUT2D eigenvalue weighted by atomic mass is 35.5. The number of hydrogen-bond donors (Lipinski definition) is 2. The number of halogens is 2. The van der Waals surface area contributed by atoms with Gasteiger partial charge in [0.15, 0.2) is 16.6 Å². The Morgan fingerprint density at radius 2 is 1.83 bits per heavy atom. The largest absolute Gasteiger partial charge is 0.331 e. The number of carbonyl (C=O) groups excluding carboxylic acids is 4. The van der Waals surface area contributed by atoms with Crippen LogP contribution in [-0.2, 0) is 21.4 Å². The summed E-state index contributed by atoms with van der Waals surface area (Å²) in [4.78, 5) is 65.4. The number of nitriles is 1. The lowest BCUT2D eigenvalue weighted by Gasteiger charge is -2.44. The van der Waals surface area contributed by atoms with Gasteiger partial charge in [0.2, 0.25) is 11.8 Å². The molecular formula is C40H51Cl2N11O4S. The number of imide groups is 1. The Kier molecular flexibility index (Phi) is 13.0. The van der Waals surface area contributed by atoms with Crippen LogP contribution in [-0.4, -0.2) is 115 Å². The van der Waals surface area contributed by atoms with E-state index in [4.69, 9.17) is 23.8 Å². The van der Waals surface area contributed by atoms with Crippen molar-refractivity contribution >= 4 is 93.2 Å². The van der Waals surface area contributed by atoms with Crippen LogP contribution in [0.3, 0.4) is 0 Å². The van der Waals surface area contributed by atoms with Crippen molar-refractivity contribution in [2.24, 2.45) is 13.0 Å². The Morgan fingerprint density at radius 3 is 2.48 bits per heavy atom. The first-order chi connectivity index (χ1) is 27.2. The van der Waals surface area contributed by atoms with Crippen LogP contribution >= 0.6 is 36.2 Å². The second-order valence-electron chi connectivity index (χ2n) is 16.4. The van der Waals surface area contributed by atoms with Crippen LogP contribution < -0.4 is 20.4 Å². The van der Waals surface area contributed by atoms with E-state index in [1.807, 2.05) is 38.1 Å². The Bertz CT molecular complexity index is 2140. The molecule has 3 aliphatic heterocycles. The van der Waals surface area contributed by atoms with Gasteiger partial charge in [-0.05, 0) is 109 Å². The molecule has 4 fully saturated rings. The summed E-state index contributed by atoms with van der Waals surface area (Å²) in [5.74, 6) is 0.531. The topological polar surface area (TPSA) is 163 Å². The number of anilines is 3. The Balaban J connectivity index is 0.00000567. The van der Waals surface area contributed by atoms with Crippen molar-refractivity contribution in [2.45, 2.75) is 96.3 Å². The van der Waals surface area contributed by atoms with Crippen molar-refractivity contribution < 1.29 is 19.2 Å². The van der Waals surface area contributed by atoms with Crippen molar-refractivity contribution in [1.82, 2.24) is 34.8 Å². The number of hydrogen-bond acceptors (Lipinski definition) is 10. The Hall–Kier alpha value is -4.40. The maximum absolute atomic E-state index is 13.6. The number of benzene rings is 1. The molecule has 3 saturated heterocycles. The van der Waals surface area contributed by atoms with E-state index in [2.05, 4.69) is 49.3 Å².